The average molecular weight is 280 g/mol. The second kappa shape index (κ2) is 5.58. The van der Waals surface area contributed by atoms with Gasteiger partial charge in [-0.05, 0) is 46.5 Å². The van der Waals surface area contributed by atoms with Crippen molar-refractivity contribution in [1.29, 1.82) is 0 Å². The van der Waals surface area contributed by atoms with E-state index in [2.05, 4.69) is 31.0 Å². The molecule has 0 aromatic carbocycles. The Hall–Kier alpha value is -0.120. The fraction of sp³-hybridized carbons (Fsp3) is 1.00. The molecule has 1 N–H and O–H groups in total. The van der Waals surface area contributed by atoms with E-state index in [-0.39, 0.29) is 5.60 Å². The van der Waals surface area contributed by atoms with Gasteiger partial charge in [0.25, 0.3) is 0 Å². The van der Waals surface area contributed by atoms with Gasteiger partial charge in [0, 0.05) is 31.2 Å². The fourth-order valence-corrected chi connectivity index (χ4v) is 4.37. The van der Waals surface area contributed by atoms with E-state index in [0.717, 1.165) is 13.1 Å². The molecule has 2 saturated heterocycles. The maximum atomic E-state index is 6.21. The lowest BCUT2D eigenvalue weighted by atomic mass is 9.79. The minimum Gasteiger partial charge on any atom is -0.371 e. The summed E-state index contributed by atoms with van der Waals surface area (Å²) in [4.78, 5) is 2.70. The van der Waals surface area contributed by atoms with Crippen LogP contribution >= 0.6 is 0 Å². The van der Waals surface area contributed by atoms with Gasteiger partial charge in [0.05, 0.1) is 11.7 Å². The highest BCUT2D eigenvalue weighted by atomic mass is 16.5. The van der Waals surface area contributed by atoms with Crippen molar-refractivity contribution in [2.75, 3.05) is 19.6 Å². The van der Waals surface area contributed by atoms with Crippen molar-refractivity contribution < 1.29 is 4.74 Å². The van der Waals surface area contributed by atoms with E-state index in [1.54, 1.807) is 0 Å². The van der Waals surface area contributed by atoms with Crippen LogP contribution in [-0.4, -0.2) is 47.8 Å². The smallest absolute Gasteiger partial charge is 0.0710 e. The predicted molar refractivity (Wildman–Crippen MR) is 83.0 cm³/mol. The lowest BCUT2D eigenvalue weighted by molar-refractivity contribution is -0.0446. The molecule has 0 bridgehead atoms. The number of hydrogen-bond donors (Lipinski definition) is 1. The first-order valence-electron chi connectivity index (χ1n) is 8.65. The zero-order valence-corrected chi connectivity index (χ0v) is 13.6. The van der Waals surface area contributed by atoms with E-state index in [4.69, 9.17) is 4.74 Å². The molecule has 2 aliphatic heterocycles. The molecule has 0 aromatic rings. The molecule has 2 unspecified atom stereocenters. The molecule has 2 atom stereocenters. The van der Waals surface area contributed by atoms with Gasteiger partial charge in [-0.1, -0.05) is 19.3 Å². The largest absolute Gasteiger partial charge is 0.371 e. The number of nitrogens with one attached hydrogen (secondary N) is 1. The quantitative estimate of drug-likeness (QED) is 0.841. The van der Waals surface area contributed by atoms with Crippen molar-refractivity contribution in [1.82, 2.24) is 10.2 Å². The molecule has 2 heterocycles. The summed E-state index contributed by atoms with van der Waals surface area (Å²) in [6, 6.07) is 0.648. The normalized spacial score (nSPS) is 37.4. The molecule has 3 fully saturated rings. The predicted octanol–water partition coefficient (Wildman–Crippen LogP) is 2.94. The van der Waals surface area contributed by atoms with E-state index >= 15 is 0 Å². The van der Waals surface area contributed by atoms with Crippen molar-refractivity contribution in [2.45, 2.75) is 89.0 Å². The Morgan fingerprint density at radius 2 is 1.90 bits per heavy atom. The van der Waals surface area contributed by atoms with E-state index in [0.29, 0.717) is 17.7 Å². The van der Waals surface area contributed by atoms with Crippen molar-refractivity contribution >= 4 is 0 Å². The molecule has 3 heteroatoms. The van der Waals surface area contributed by atoms with Crippen LogP contribution in [0, 0.1) is 0 Å². The number of ether oxygens (including phenoxy) is 1. The Kier molecular flexibility index (Phi) is 4.13. The summed E-state index contributed by atoms with van der Waals surface area (Å²) < 4.78 is 6.21. The summed E-state index contributed by atoms with van der Waals surface area (Å²) in [5.74, 6) is 0. The number of rotatable bonds is 2. The summed E-state index contributed by atoms with van der Waals surface area (Å²) in [6.07, 6.45) is 9.87. The molecule has 3 aliphatic rings. The first-order valence-corrected chi connectivity index (χ1v) is 8.65. The molecule has 0 amide bonds. The third-order valence-electron chi connectivity index (χ3n) is 5.70. The summed E-state index contributed by atoms with van der Waals surface area (Å²) >= 11 is 0. The van der Waals surface area contributed by atoms with E-state index < -0.39 is 0 Å². The van der Waals surface area contributed by atoms with Gasteiger partial charge in [-0.2, -0.15) is 0 Å². The number of piperazine rings is 1. The van der Waals surface area contributed by atoms with Crippen LogP contribution < -0.4 is 5.32 Å². The zero-order valence-electron chi connectivity index (χ0n) is 13.6. The Morgan fingerprint density at radius 3 is 2.55 bits per heavy atom. The molecule has 0 radical (unpaired) electrons. The van der Waals surface area contributed by atoms with Gasteiger partial charge in [0.1, 0.15) is 0 Å². The highest BCUT2D eigenvalue weighted by Gasteiger charge is 2.40. The Morgan fingerprint density at radius 1 is 1.15 bits per heavy atom. The van der Waals surface area contributed by atoms with E-state index in [9.17, 15) is 0 Å². The van der Waals surface area contributed by atoms with Crippen molar-refractivity contribution in [3.8, 4) is 0 Å². The van der Waals surface area contributed by atoms with E-state index in [1.165, 1.54) is 51.5 Å². The molecular weight excluding hydrogens is 248 g/mol. The van der Waals surface area contributed by atoms with Gasteiger partial charge in [-0.3, -0.25) is 4.90 Å². The van der Waals surface area contributed by atoms with Crippen LogP contribution in [-0.2, 0) is 4.74 Å². The Balaban J connectivity index is 1.59. The molecular formula is C17H32N2O. The van der Waals surface area contributed by atoms with E-state index in [1.807, 2.05) is 0 Å². The van der Waals surface area contributed by atoms with Crippen LogP contribution in [0.15, 0.2) is 0 Å². The molecule has 1 saturated carbocycles. The molecule has 116 valence electrons. The van der Waals surface area contributed by atoms with Crippen molar-refractivity contribution in [2.24, 2.45) is 0 Å². The topological polar surface area (TPSA) is 24.5 Å². The van der Waals surface area contributed by atoms with Crippen molar-refractivity contribution in [3.63, 3.8) is 0 Å². The molecule has 0 aromatic heterocycles. The number of hydrogen-bond acceptors (Lipinski definition) is 3. The van der Waals surface area contributed by atoms with Crippen LogP contribution in [0.4, 0.5) is 0 Å². The molecule has 1 spiro atoms. The third-order valence-corrected chi connectivity index (χ3v) is 5.70. The van der Waals surface area contributed by atoms with Crippen molar-refractivity contribution in [3.05, 3.63) is 0 Å². The fourth-order valence-electron chi connectivity index (χ4n) is 4.37. The van der Waals surface area contributed by atoms with Crippen LogP contribution in [0.5, 0.6) is 0 Å². The highest BCUT2D eigenvalue weighted by molar-refractivity contribution is 4.99. The summed E-state index contributed by atoms with van der Waals surface area (Å²) in [7, 11) is 0. The van der Waals surface area contributed by atoms with Gasteiger partial charge < -0.3 is 10.1 Å². The first kappa shape index (κ1) is 14.8. The summed E-state index contributed by atoms with van der Waals surface area (Å²) in [5, 5.41) is 3.87. The van der Waals surface area contributed by atoms with Crippen LogP contribution in [0.25, 0.3) is 0 Å². The van der Waals surface area contributed by atoms with Crippen LogP contribution in [0.2, 0.25) is 0 Å². The maximum absolute atomic E-state index is 6.21. The van der Waals surface area contributed by atoms with Crippen LogP contribution in [0.1, 0.15) is 65.7 Å². The van der Waals surface area contributed by atoms with Gasteiger partial charge in [-0.25, -0.2) is 0 Å². The molecule has 1 aliphatic carbocycles. The highest BCUT2D eigenvalue weighted by Crippen LogP contribution is 2.34. The van der Waals surface area contributed by atoms with Gasteiger partial charge >= 0.3 is 0 Å². The minimum atomic E-state index is 0.102. The van der Waals surface area contributed by atoms with Gasteiger partial charge in [0.15, 0.2) is 0 Å². The van der Waals surface area contributed by atoms with Crippen LogP contribution in [0.3, 0.4) is 0 Å². The summed E-state index contributed by atoms with van der Waals surface area (Å²) in [5.41, 5.74) is 0.517. The molecule has 3 nitrogen and oxygen atoms in total. The second-order valence-electron chi connectivity index (χ2n) is 8.04. The monoisotopic (exact) mass is 280 g/mol. The lowest BCUT2D eigenvalue weighted by Crippen LogP contribution is -2.64. The summed E-state index contributed by atoms with van der Waals surface area (Å²) in [6.45, 7) is 10.3. The average Bonchev–Trinajstić information content (AvgIpc) is 2.75. The molecule has 20 heavy (non-hydrogen) atoms. The molecule has 3 rings (SSSR count). The van der Waals surface area contributed by atoms with Gasteiger partial charge in [-0.15, -0.1) is 0 Å². The second-order valence-corrected chi connectivity index (χ2v) is 8.04. The SMILES string of the molecule is CC1CNC2(CCCCC2)CN1CC1CCC(C)(C)O1. The lowest BCUT2D eigenvalue weighted by Gasteiger charge is -2.49. The Bertz CT molecular complexity index is 336. The maximum Gasteiger partial charge on any atom is 0.0710 e. The van der Waals surface area contributed by atoms with Gasteiger partial charge in [0.2, 0.25) is 0 Å². The Labute approximate surface area is 124 Å². The third kappa shape index (κ3) is 3.20. The standard InChI is InChI=1S/C17H32N2O/c1-14-11-18-17(8-5-4-6-9-17)13-19(14)12-15-7-10-16(2,3)20-15/h14-15,18H,4-13H2,1-3H3. The number of nitrogens with zero attached hydrogens (tertiary/aromatic N) is 1. The minimum absolute atomic E-state index is 0.102. The first-order chi connectivity index (χ1) is 9.48. The zero-order chi connectivity index (χ0) is 14.2.